The molecule has 1 N–H and O–H groups in total. The zero-order valence-corrected chi connectivity index (χ0v) is 34.6. The molecule has 0 saturated heterocycles. The second-order valence-corrected chi connectivity index (χ2v) is 15.1. The molecule has 0 heterocycles. The molecule has 304 valence electrons. The van der Waals surface area contributed by atoms with E-state index in [1.54, 1.807) is 0 Å². The molecule has 0 aromatic carbocycles. The van der Waals surface area contributed by atoms with Crippen LogP contribution in [-0.2, 0) is 19.1 Å². The second kappa shape index (κ2) is 43.5. The van der Waals surface area contributed by atoms with Gasteiger partial charge in [-0.2, -0.15) is 0 Å². The summed E-state index contributed by atoms with van der Waals surface area (Å²) in [4.78, 5) is 24.3. The monoisotopic (exact) mass is 731 g/mol. The van der Waals surface area contributed by atoms with Crippen LogP contribution in [0.1, 0.15) is 232 Å². The summed E-state index contributed by atoms with van der Waals surface area (Å²) in [6, 6.07) is 0. The van der Waals surface area contributed by atoms with Crippen LogP contribution in [0.5, 0.6) is 0 Å². The SMILES string of the molecule is CCCCCC=CCC=CCC=CCCCCCCC(=O)OCC(CO)OC(=O)CCCCCCCCCCCCCCCCCCCCCCC. The van der Waals surface area contributed by atoms with Crippen LogP contribution in [0.3, 0.4) is 0 Å². The third-order valence-electron chi connectivity index (χ3n) is 9.94. The molecule has 0 aliphatic heterocycles. The van der Waals surface area contributed by atoms with E-state index in [2.05, 4.69) is 50.3 Å². The lowest BCUT2D eigenvalue weighted by Crippen LogP contribution is -2.28. The van der Waals surface area contributed by atoms with Crippen molar-refractivity contribution in [3.63, 3.8) is 0 Å². The Morgan fingerprint density at radius 1 is 0.442 bits per heavy atom. The van der Waals surface area contributed by atoms with E-state index >= 15 is 0 Å². The number of unbranched alkanes of at least 4 members (excludes halogenated alkanes) is 27. The molecule has 0 amide bonds. The predicted molar refractivity (Wildman–Crippen MR) is 224 cm³/mol. The molecule has 52 heavy (non-hydrogen) atoms. The summed E-state index contributed by atoms with van der Waals surface area (Å²) in [5.41, 5.74) is 0. The Hall–Kier alpha value is -1.88. The van der Waals surface area contributed by atoms with Crippen molar-refractivity contribution < 1.29 is 24.2 Å². The quantitative estimate of drug-likeness (QED) is 0.0385. The van der Waals surface area contributed by atoms with Gasteiger partial charge in [0.2, 0.25) is 0 Å². The van der Waals surface area contributed by atoms with Crippen molar-refractivity contribution in [2.75, 3.05) is 13.2 Å². The van der Waals surface area contributed by atoms with Crippen LogP contribution >= 0.6 is 0 Å². The van der Waals surface area contributed by atoms with Crippen molar-refractivity contribution in [2.24, 2.45) is 0 Å². The topological polar surface area (TPSA) is 72.8 Å². The number of carbonyl (C=O) groups is 2. The third-order valence-corrected chi connectivity index (χ3v) is 9.94. The third kappa shape index (κ3) is 40.9. The van der Waals surface area contributed by atoms with Crippen molar-refractivity contribution in [3.05, 3.63) is 36.5 Å². The number of rotatable bonds is 41. The van der Waals surface area contributed by atoms with Gasteiger partial charge in [-0.05, 0) is 51.4 Å². The van der Waals surface area contributed by atoms with Gasteiger partial charge < -0.3 is 14.6 Å². The number of ether oxygens (including phenoxy) is 2. The van der Waals surface area contributed by atoms with E-state index in [9.17, 15) is 14.7 Å². The maximum Gasteiger partial charge on any atom is 0.306 e. The number of aliphatic hydroxyl groups excluding tert-OH is 1. The first-order valence-corrected chi connectivity index (χ1v) is 22.5. The minimum absolute atomic E-state index is 0.0745. The summed E-state index contributed by atoms with van der Waals surface area (Å²) in [6.45, 7) is 4.11. The normalized spacial score (nSPS) is 12.4. The average Bonchev–Trinajstić information content (AvgIpc) is 3.15. The summed E-state index contributed by atoms with van der Waals surface area (Å²) in [6.07, 6.45) is 53.6. The van der Waals surface area contributed by atoms with Crippen LogP contribution in [0.25, 0.3) is 0 Å². The lowest BCUT2D eigenvalue weighted by Gasteiger charge is -2.15. The van der Waals surface area contributed by atoms with Gasteiger partial charge in [-0.3, -0.25) is 9.59 Å². The Labute approximate surface area is 323 Å². The summed E-state index contributed by atoms with van der Waals surface area (Å²) in [5, 5.41) is 9.59. The first-order valence-electron chi connectivity index (χ1n) is 22.5. The maximum absolute atomic E-state index is 12.2. The molecule has 0 aliphatic carbocycles. The smallest absolute Gasteiger partial charge is 0.306 e. The van der Waals surface area contributed by atoms with Crippen LogP contribution < -0.4 is 0 Å². The van der Waals surface area contributed by atoms with Gasteiger partial charge in [0.05, 0.1) is 6.61 Å². The minimum Gasteiger partial charge on any atom is -0.462 e. The van der Waals surface area contributed by atoms with Gasteiger partial charge in [-0.15, -0.1) is 0 Å². The fourth-order valence-electron chi connectivity index (χ4n) is 6.50. The number of allylic oxidation sites excluding steroid dienone is 6. The molecule has 0 aliphatic rings. The molecule has 0 aromatic heterocycles. The van der Waals surface area contributed by atoms with Crippen molar-refractivity contribution in [2.45, 2.75) is 238 Å². The lowest BCUT2D eigenvalue weighted by atomic mass is 10.0. The Balaban J connectivity index is 3.53. The van der Waals surface area contributed by atoms with Crippen molar-refractivity contribution in [1.29, 1.82) is 0 Å². The van der Waals surface area contributed by atoms with E-state index in [0.717, 1.165) is 64.2 Å². The van der Waals surface area contributed by atoms with Gasteiger partial charge in [0.25, 0.3) is 0 Å². The van der Waals surface area contributed by atoms with Gasteiger partial charge in [0.1, 0.15) is 6.61 Å². The highest BCUT2D eigenvalue weighted by Crippen LogP contribution is 2.16. The molecular weight excluding hydrogens is 645 g/mol. The second-order valence-electron chi connectivity index (χ2n) is 15.1. The van der Waals surface area contributed by atoms with Crippen molar-refractivity contribution in [1.82, 2.24) is 0 Å². The Kier molecular flexibility index (Phi) is 42.0. The van der Waals surface area contributed by atoms with Crippen molar-refractivity contribution >= 4 is 11.9 Å². The highest BCUT2D eigenvalue weighted by atomic mass is 16.6. The number of hydrogen-bond acceptors (Lipinski definition) is 5. The molecular formula is C47H86O5. The number of hydrogen-bond donors (Lipinski definition) is 1. The minimum atomic E-state index is -0.778. The van der Waals surface area contributed by atoms with E-state index in [1.807, 2.05) is 0 Å². The van der Waals surface area contributed by atoms with Crippen LogP contribution in [0.15, 0.2) is 36.5 Å². The summed E-state index contributed by atoms with van der Waals surface area (Å²) in [5.74, 6) is -0.607. The fraction of sp³-hybridized carbons (Fsp3) is 0.830. The molecule has 0 bridgehead atoms. The molecule has 0 radical (unpaired) electrons. The summed E-state index contributed by atoms with van der Waals surface area (Å²) < 4.78 is 10.6. The average molecular weight is 731 g/mol. The Morgan fingerprint density at radius 2 is 0.769 bits per heavy atom. The van der Waals surface area contributed by atoms with E-state index in [4.69, 9.17) is 9.47 Å². The fourth-order valence-corrected chi connectivity index (χ4v) is 6.50. The molecule has 0 saturated carbocycles. The van der Waals surface area contributed by atoms with Gasteiger partial charge in [0.15, 0.2) is 6.10 Å². The number of aliphatic hydroxyl groups is 1. The van der Waals surface area contributed by atoms with Gasteiger partial charge in [-0.1, -0.05) is 204 Å². The van der Waals surface area contributed by atoms with E-state index in [0.29, 0.717) is 12.8 Å². The lowest BCUT2D eigenvalue weighted by molar-refractivity contribution is -0.161. The van der Waals surface area contributed by atoms with Crippen LogP contribution in [-0.4, -0.2) is 36.4 Å². The molecule has 0 spiro atoms. The zero-order chi connectivity index (χ0) is 37.8. The first-order chi connectivity index (χ1) is 25.6. The highest BCUT2D eigenvalue weighted by molar-refractivity contribution is 5.70. The standard InChI is InChI=1S/C47H86O5/c1-3-5-7-9-11-13-15-17-19-21-22-23-24-26-28-30-32-34-36-38-40-42-47(50)52-45(43-48)44-51-46(49)41-39-37-35-33-31-29-27-25-20-18-16-14-12-10-8-6-4-2/h12,14,18,20,27,29,45,48H,3-11,13,15-17,19,21-26,28,30-44H2,1-2H3. The molecule has 0 rings (SSSR count). The van der Waals surface area contributed by atoms with E-state index < -0.39 is 6.10 Å². The largest absolute Gasteiger partial charge is 0.462 e. The predicted octanol–water partition coefficient (Wildman–Crippen LogP) is 14.4. The van der Waals surface area contributed by atoms with Crippen LogP contribution in [0, 0.1) is 0 Å². The summed E-state index contributed by atoms with van der Waals surface area (Å²) >= 11 is 0. The van der Waals surface area contributed by atoms with Crippen LogP contribution in [0.4, 0.5) is 0 Å². The van der Waals surface area contributed by atoms with Gasteiger partial charge in [-0.25, -0.2) is 0 Å². The molecule has 5 heteroatoms. The van der Waals surface area contributed by atoms with Gasteiger partial charge >= 0.3 is 11.9 Å². The molecule has 5 nitrogen and oxygen atoms in total. The summed E-state index contributed by atoms with van der Waals surface area (Å²) in [7, 11) is 0. The number of esters is 2. The zero-order valence-electron chi connectivity index (χ0n) is 34.6. The molecule has 1 atom stereocenters. The molecule has 1 unspecified atom stereocenters. The maximum atomic E-state index is 12.2. The van der Waals surface area contributed by atoms with E-state index in [1.165, 1.54) is 141 Å². The first kappa shape index (κ1) is 50.1. The molecule has 0 aromatic rings. The van der Waals surface area contributed by atoms with E-state index in [-0.39, 0.29) is 25.2 Å². The number of carbonyl (C=O) groups excluding carboxylic acids is 2. The Bertz CT molecular complexity index is 832. The Morgan fingerprint density at radius 3 is 1.19 bits per heavy atom. The molecule has 0 fully saturated rings. The van der Waals surface area contributed by atoms with Gasteiger partial charge in [0, 0.05) is 12.8 Å². The highest BCUT2D eigenvalue weighted by Gasteiger charge is 2.16. The van der Waals surface area contributed by atoms with Crippen molar-refractivity contribution in [3.8, 4) is 0 Å². The van der Waals surface area contributed by atoms with Crippen LogP contribution in [0.2, 0.25) is 0 Å².